The summed E-state index contributed by atoms with van der Waals surface area (Å²) < 4.78 is 77.9. The van der Waals surface area contributed by atoms with Gasteiger partial charge < -0.3 is 10.6 Å². The fraction of sp³-hybridized carbons (Fsp3) is 0.520. The van der Waals surface area contributed by atoms with Crippen molar-refractivity contribution in [2.45, 2.75) is 57.0 Å². The molecule has 39 heavy (non-hydrogen) atoms. The predicted molar refractivity (Wildman–Crippen MR) is 130 cm³/mol. The van der Waals surface area contributed by atoms with Crippen LogP contribution >= 0.6 is 0 Å². The molecule has 8 nitrogen and oxygen atoms in total. The van der Waals surface area contributed by atoms with Crippen molar-refractivity contribution >= 4 is 11.8 Å². The van der Waals surface area contributed by atoms with Crippen LogP contribution in [0.25, 0.3) is 11.3 Å². The number of piperidine rings is 1. The Morgan fingerprint density at radius 3 is 2.21 bits per heavy atom. The number of nitrogens with one attached hydrogen (secondary N) is 2. The summed E-state index contributed by atoms with van der Waals surface area (Å²) in [7, 11) is 1.54. The highest BCUT2D eigenvalue weighted by Crippen LogP contribution is 2.30. The van der Waals surface area contributed by atoms with Crippen molar-refractivity contribution in [1.29, 1.82) is 0 Å². The maximum Gasteiger partial charge on any atom is 0.416 e. The zero-order valence-corrected chi connectivity index (χ0v) is 21.2. The van der Waals surface area contributed by atoms with Crippen molar-refractivity contribution in [2.75, 3.05) is 26.7 Å². The van der Waals surface area contributed by atoms with E-state index in [1.165, 1.54) is 0 Å². The summed E-state index contributed by atoms with van der Waals surface area (Å²) in [6.45, 7) is 0.915. The Labute approximate surface area is 220 Å². The van der Waals surface area contributed by atoms with E-state index < -0.39 is 48.8 Å². The summed E-state index contributed by atoms with van der Waals surface area (Å²) >= 11 is 0. The molecule has 2 aromatic rings. The van der Waals surface area contributed by atoms with Crippen LogP contribution in [0.5, 0.6) is 0 Å². The van der Waals surface area contributed by atoms with Gasteiger partial charge in [0.05, 0.1) is 17.8 Å². The maximum atomic E-state index is 12.9. The normalized spacial score (nSPS) is 15.3. The van der Waals surface area contributed by atoms with Crippen molar-refractivity contribution < 1.29 is 35.9 Å². The lowest BCUT2D eigenvalue weighted by Crippen LogP contribution is -2.48. The standard InChI is InChI=1S/C25H29F6N5O3/c1-32-21(37)14-35-11-8-18(9-12-35)33-22(38)15-36-20(3-2-10-24(26,27)28)34-19(13-23(36)39)16-4-6-17(7-5-16)25(29,30)31/h4-7,13,18H,2-3,8-12,14-15H2,1H3,(H,32,37)(H,33,38). The number of rotatable bonds is 9. The van der Waals surface area contributed by atoms with E-state index >= 15 is 0 Å². The molecule has 1 aliphatic heterocycles. The Morgan fingerprint density at radius 2 is 1.64 bits per heavy atom. The first-order valence-corrected chi connectivity index (χ1v) is 12.3. The molecule has 2 N–H and O–H groups in total. The third-order valence-electron chi connectivity index (χ3n) is 6.36. The molecule has 0 spiro atoms. The molecule has 1 saturated heterocycles. The van der Waals surface area contributed by atoms with Crippen LogP contribution in [0.1, 0.15) is 37.1 Å². The molecule has 3 rings (SSSR count). The second-order valence-corrected chi connectivity index (χ2v) is 9.32. The minimum Gasteiger partial charge on any atom is -0.358 e. The van der Waals surface area contributed by atoms with E-state index in [1.54, 1.807) is 7.05 Å². The molecule has 1 fully saturated rings. The lowest BCUT2D eigenvalue weighted by Gasteiger charge is -2.31. The first-order chi connectivity index (χ1) is 18.2. The van der Waals surface area contributed by atoms with Gasteiger partial charge in [-0.3, -0.25) is 23.9 Å². The van der Waals surface area contributed by atoms with E-state index in [1.807, 2.05) is 4.90 Å². The van der Waals surface area contributed by atoms with Crippen molar-refractivity contribution in [3.63, 3.8) is 0 Å². The van der Waals surface area contributed by atoms with Crippen LogP contribution in [0.2, 0.25) is 0 Å². The van der Waals surface area contributed by atoms with Crippen LogP contribution in [-0.2, 0) is 28.7 Å². The lowest BCUT2D eigenvalue weighted by atomic mass is 10.0. The van der Waals surface area contributed by atoms with E-state index in [9.17, 15) is 40.7 Å². The number of likely N-dealkylation sites (tertiary alicyclic amines) is 1. The predicted octanol–water partition coefficient (Wildman–Crippen LogP) is 3.14. The Kier molecular flexibility index (Phi) is 9.75. The van der Waals surface area contributed by atoms with E-state index in [2.05, 4.69) is 15.6 Å². The Morgan fingerprint density at radius 1 is 1.00 bits per heavy atom. The van der Waals surface area contributed by atoms with Crippen LogP contribution in [0.15, 0.2) is 35.1 Å². The van der Waals surface area contributed by atoms with Crippen molar-refractivity contribution in [1.82, 2.24) is 25.1 Å². The number of amides is 2. The number of aromatic nitrogens is 2. The number of nitrogens with zero attached hydrogens (tertiary/aromatic N) is 3. The summed E-state index contributed by atoms with van der Waals surface area (Å²) in [5.74, 6) is -0.720. The molecule has 0 radical (unpaired) electrons. The lowest BCUT2D eigenvalue weighted by molar-refractivity contribution is -0.137. The highest BCUT2D eigenvalue weighted by molar-refractivity contribution is 5.77. The number of halogens is 6. The van der Waals surface area contributed by atoms with E-state index in [0.29, 0.717) is 25.9 Å². The second kappa shape index (κ2) is 12.6. The highest BCUT2D eigenvalue weighted by Gasteiger charge is 2.30. The van der Waals surface area contributed by atoms with Crippen molar-refractivity contribution in [3.05, 3.63) is 52.1 Å². The number of carbonyl (C=O) groups excluding carboxylic acids is 2. The molecular formula is C25H29F6N5O3. The third kappa shape index (κ3) is 9.08. The molecule has 214 valence electrons. The average molecular weight is 562 g/mol. The number of carbonyl (C=O) groups is 2. The summed E-state index contributed by atoms with van der Waals surface area (Å²) in [5.41, 5.74) is -1.44. The zero-order valence-electron chi connectivity index (χ0n) is 21.2. The molecule has 0 aliphatic carbocycles. The van der Waals surface area contributed by atoms with Gasteiger partial charge >= 0.3 is 12.4 Å². The maximum absolute atomic E-state index is 12.9. The minimum atomic E-state index is -4.56. The molecular weight excluding hydrogens is 532 g/mol. The molecule has 1 aromatic carbocycles. The number of benzene rings is 1. The van der Waals surface area contributed by atoms with Crippen LogP contribution in [-0.4, -0.2) is 65.2 Å². The van der Waals surface area contributed by atoms with Gasteiger partial charge in [0.1, 0.15) is 12.4 Å². The minimum absolute atomic E-state index is 0.00382. The van der Waals surface area contributed by atoms with Gasteiger partial charge in [-0.2, -0.15) is 26.3 Å². The van der Waals surface area contributed by atoms with Crippen molar-refractivity contribution in [3.8, 4) is 11.3 Å². The first kappa shape index (κ1) is 30.1. The number of hydrogen-bond donors (Lipinski definition) is 2. The molecule has 1 aromatic heterocycles. The molecule has 0 saturated carbocycles. The fourth-order valence-corrected chi connectivity index (χ4v) is 4.27. The van der Waals surface area contributed by atoms with Crippen LogP contribution in [0.4, 0.5) is 26.3 Å². The van der Waals surface area contributed by atoms with Gasteiger partial charge in [0.2, 0.25) is 11.8 Å². The second-order valence-electron chi connectivity index (χ2n) is 9.32. The van der Waals surface area contributed by atoms with Gasteiger partial charge in [-0.05, 0) is 31.4 Å². The SMILES string of the molecule is CNC(=O)CN1CCC(NC(=O)Cn2c(CCCC(F)(F)F)nc(-c3ccc(C(F)(F)F)cc3)cc2=O)CC1. The monoisotopic (exact) mass is 561 g/mol. The average Bonchev–Trinajstić information content (AvgIpc) is 2.85. The molecule has 2 amide bonds. The number of likely N-dealkylation sites (N-methyl/N-ethyl adjacent to an activating group) is 1. The molecule has 2 heterocycles. The molecule has 0 unspecified atom stereocenters. The van der Waals surface area contributed by atoms with E-state index in [0.717, 1.165) is 34.9 Å². The third-order valence-corrected chi connectivity index (χ3v) is 6.36. The Hall–Kier alpha value is -3.42. The van der Waals surface area contributed by atoms with Gasteiger partial charge in [0.15, 0.2) is 0 Å². The van der Waals surface area contributed by atoms with Gasteiger partial charge in [0.25, 0.3) is 5.56 Å². The van der Waals surface area contributed by atoms with Gasteiger partial charge in [-0.1, -0.05) is 12.1 Å². The largest absolute Gasteiger partial charge is 0.416 e. The summed E-state index contributed by atoms with van der Waals surface area (Å²) in [4.78, 5) is 43.4. The van der Waals surface area contributed by atoms with E-state index in [-0.39, 0.29) is 42.0 Å². The molecule has 0 bridgehead atoms. The zero-order chi connectivity index (χ0) is 28.8. The van der Waals surface area contributed by atoms with Gasteiger partial charge in [0, 0.05) is 50.7 Å². The summed E-state index contributed by atoms with van der Waals surface area (Å²) in [6.07, 6.45) is -9.64. The molecule has 1 aliphatic rings. The van der Waals surface area contributed by atoms with Crippen molar-refractivity contribution in [2.24, 2.45) is 0 Å². The van der Waals surface area contributed by atoms with Crippen LogP contribution in [0, 0.1) is 0 Å². The van der Waals surface area contributed by atoms with E-state index in [4.69, 9.17) is 0 Å². The highest BCUT2D eigenvalue weighted by atomic mass is 19.4. The fourth-order valence-electron chi connectivity index (χ4n) is 4.27. The summed E-state index contributed by atoms with van der Waals surface area (Å²) in [5, 5.41) is 5.36. The summed E-state index contributed by atoms with van der Waals surface area (Å²) in [6, 6.07) is 4.72. The number of hydrogen-bond acceptors (Lipinski definition) is 5. The van der Waals surface area contributed by atoms with Crippen LogP contribution < -0.4 is 16.2 Å². The molecule has 14 heteroatoms. The van der Waals surface area contributed by atoms with Gasteiger partial charge in [-0.25, -0.2) is 4.98 Å². The Balaban J connectivity index is 1.75. The topological polar surface area (TPSA) is 96.3 Å². The Bertz CT molecular complexity index is 1200. The van der Waals surface area contributed by atoms with Crippen LogP contribution in [0.3, 0.4) is 0 Å². The first-order valence-electron chi connectivity index (χ1n) is 12.3. The smallest absolute Gasteiger partial charge is 0.358 e. The van der Waals surface area contributed by atoms with Gasteiger partial charge in [-0.15, -0.1) is 0 Å². The molecule has 0 atom stereocenters. The quantitative estimate of drug-likeness (QED) is 0.459. The number of aryl methyl sites for hydroxylation is 1. The number of alkyl halides is 6.